The zero-order valence-corrected chi connectivity index (χ0v) is 33.8. The van der Waals surface area contributed by atoms with Crippen molar-refractivity contribution in [1.82, 2.24) is 15.0 Å². The zero-order chi connectivity index (χ0) is 39.9. The fourth-order valence-corrected chi connectivity index (χ4v) is 8.58. The van der Waals surface area contributed by atoms with Gasteiger partial charge in [-0.15, -0.1) is 0 Å². The van der Waals surface area contributed by atoms with Gasteiger partial charge in [-0.25, -0.2) is 4.98 Å². The molecule has 0 saturated heterocycles. The molecule has 9 rings (SSSR count). The summed E-state index contributed by atoms with van der Waals surface area (Å²) >= 11 is 0. The molecule has 0 amide bonds. The van der Waals surface area contributed by atoms with Gasteiger partial charge in [-0.3, -0.25) is 4.90 Å². The lowest BCUT2D eigenvalue weighted by atomic mass is 9.98. The summed E-state index contributed by atoms with van der Waals surface area (Å²) in [5.41, 5.74) is 14.7. The Morgan fingerprint density at radius 3 is 1.48 bits per heavy atom. The van der Waals surface area contributed by atoms with Crippen LogP contribution in [-0.2, 0) is 0 Å². The highest BCUT2D eigenvalue weighted by Crippen LogP contribution is 2.45. The van der Waals surface area contributed by atoms with E-state index in [0.29, 0.717) is 17.6 Å². The van der Waals surface area contributed by atoms with Gasteiger partial charge < -0.3 is 4.90 Å². The van der Waals surface area contributed by atoms with Gasteiger partial charge in [0.25, 0.3) is 0 Å². The number of hydrogen-bond acceptors (Lipinski definition) is 5. The summed E-state index contributed by atoms with van der Waals surface area (Å²) in [5, 5.41) is 4.53. The molecule has 0 aliphatic carbocycles. The third kappa shape index (κ3) is 6.86. The molecule has 0 spiro atoms. The predicted octanol–water partition coefficient (Wildman–Crippen LogP) is 14.3. The van der Waals surface area contributed by atoms with Crippen LogP contribution in [-0.4, -0.2) is 15.0 Å². The van der Waals surface area contributed by atoms with E-state index >= 15 is 0 Å². The quantitative estimate of drug-likeness (QED) is 0.155. The van der Waals surface area contributed by atoms with Crippen molar-refractivity contribution in [2.24, 2.45) is 0 Å². The number of benzene rings is 8. The van der Waals surface area contributed by atoms with E-state index in [2.05, 4.69) is 197 Å². The lowest BCUT2D eigenvalue weighted by Crippen LogP contribution is -2.17. The molecule has 282 valence electrons. The number of aryl methyl sites for hydroxylation is 6. The molecular formula is C53H45N5. The topological polar surface area (TPSA) is 45.2 Å². The van der Waals surface area contributed by atoms with E-state index in [9.17, 15) is 0 Å². The lowest BCUT2D eigenvalue weighted by Gasteiger charge is -2.32. The van der Waals surface area contributed by atoms with Crippen LogP contribution in [0.1, 0.15) is 33.4 Å². The average Bonchev–Trinajstić information content (AvgIpc) is 3.23. The molecule has 0 saturated carbocycles. The largest absolute Gasteiger partial charge is 0.309 e. The molecule has 1 aromatic heterocycles. The minimum Gasteiger partial charge on any atom is -0.309 e. The van der Waals surface area contributed by atoms with Crippen LogP contribution in [0.3, 0.4) is 0 Å². The Morgan fingerprint density at radius 2 is 0.862 bits per heavy atom. The first-order chi connectivity index (χ1) is 28.2. The van der Waals surface area contributed by atoms with Gasteiger partial charge in [0.1, 0.15) is 0 Å². The van der Waals surface area contributed by atoms with Crippen molar-refractivity contribution in [3.05, 3.63) is 197 Å². The monoisotopic (exact) mass is 751 g/mol. The Balaban J connectivity index is 1.27. The average molecular weight is 752 g/mol. The summed E-state index contributed by atoms with van der Waals surface area (Å²) in [5.74, 6) is 1.75. The van der Waals surface area contributed by atoms with Gasteiger partial charge in [-0.05, 0) is 116 Å². The Bertz CT molecular complexity index is 2860. The summed E-state index contributed by atoms with van der Waals surface area (Å²) in [7, 11) is 0. The molecule has 8 aromatic carbocycles. The molecule has 0 atom stereocenters. The van der Waals surface area contributed by atoms with Crippen molar-refractivity contribution in [3.63, 3.8) is 0 Å². The maximum Gasteiger partial charge on any atom is 0.238 e. The molecule has 0 N–H and O–H groups in total. The maximum absolute atomic E-state index is 5.30. The Labute approximate surface area is 341 Å². The van der Waals surface area contributed by atoms with Crippen LogP contribution in [0, 0.1) is 41.5 Å². The Hall–Kier alpha value is -7.11. The molecule has 9 aromatic rings. The van der Waals surface area contributed by atoms with Crippen LogP contribution in [0.25, 0.3) is 44.3 Å². The van der Waals surface area contributed by atoms with E-state index in [1.54, 1.807) is 0 Å². The predicted molar refractivity (Wildman–Crippen MR) is 243 cm³/mol. The van der Waals surface area contributed by atoms with Crippen LogP contribution < -0.4 is 9.80 Å². The van der Waals surface area contributed by atoms with E-state index in [4.69, 9.17) is 15.0 Å². The molecule has 58 heavy (non-hydrogen) atoms. The summed E-state index contributed by atoms with van der Waals surface area (Å²) < 4.78 is 0. The molecule has 0 bridgehead atoms. The van der Waals surface area contributed by atoms with Crippen LogP contribution in [0.2, 0.25) is 0 Å². The van der Waals surface area contributed by atoms with Gasteiger partial charge >= 0.3 is 0 Å². The standard InChI is InChI=1S/C53H45N5/c1-34-29-36(3)49(37(4)30-34)58(50-38(5)31-35(2)32-39(50)6)46-27-25-45(26-28-46)57(48-22-14-20-41-16-12-13-21-47(41)48)53-55-51(42-17-8-7-9-18-42)54-52(56-53)44-24-23-40-15-10-11-19-43(40)33-44/h7-33H,1-6H3. The van der Waals surface area contributed by atoms with Crippen LogP contribution >= 0.6 is 0 Å². The van der Waals surface area contributed by atoms with Gasteiger partial charge in [-0.2, -0.15) is 9.97 Å². The molecule has 5 nitrogen and oxygen atoms in total. The van der Waals surface area contributed by atoms with Gasteiger partial charge in [0.05, 0.1) is 17.1 Å². The van der Waals surface area contributed by atoms with Crippen molar-refractivity contribution in [3.8, 4) is 22.8 Å². The number of rotatable bonds is 8. The Kier molecular flexibility index (Phi) is 9.50. The molecule has 5 heteroatoms. The number of hydrogen-bond donors (Lipinski definition) is 0. The summed E-state index contributed by atoms with van der Waals surface area (Å²) in [6, 6.07) is 57.9. The Morgan fingerprint density at radius 1 is 0.362 bits per heavy atom. The minimum atomic E-state index is 0.536. The number of fused-ring (bicyclic) bond motifs is 2. The summed E-state index contributed by atoms with van der Waals surface area (Å²) in [6.07, 6.45) is 0. The van der Waals surface area contributed by atoms with Crippen molar-refractivity contribution in [1.29, 1.82) is 0 Å². The summed E-state index contributed by atoms with van der Waals surface area (Å²) in [4.78, 5) is 20.3. The van der Waals surface area contributed by atoms with E-state index in [1.807, 2.05) is 18.2 Å². The van der Waals surface area contributed by atoms with E-state index in [0.717, 1.165) is 44.3 Å². The molecule has 0 fully saturated rings. The van der Waals surface area contributed by atoms with Crippen molar-refractivity contribution >= 4 is 55.9 Å². The highest BCUT2D eigenvalue weighted by Gasteiger charge is 2.24. The number of anilines is 6. The normalized spacial score (nSPS) is 11.3. The summed E-state index contributed by atoms with van der Waals surface area (Å²) in [6.45, 7) is 13.2. The maximum atomic E-state index is 5.30. The van der Waals surface area contributed by atoms with Crippen molar-refractivity contribution < 1.29 is 0 Å². The second kappa shape index (κ2) is 15.1. The molecule has 1 heterocycles. The molecule has 0 aliphatic heterocycles. The lowest BCUT2D eigenvalue weighted by molar-refractivity contribution is 1.02. The van der Waals surface area contributed by atoms with Gasteiger partial charge in [0.2, 0.25) is 5.95 Å². The SMILES string of the molecule is Cc1cc(C)c(N(c2ccc(N(c3nc(-c4ccccc4)nc(-c4ccc5ccccc5c4)n3)c3cccc4ccccc34)cc2)c2c(C)cc(C)cc2C)c(C)c1. The second-order valence-electron chi connectivity index (χ2n) is 15.4. The van der Waals surface area contributed by atoms with E-state index < -0.39 is 0 Å². The van der Waals surface area contributed by atoms with Gasteiger partial charge in [0.15, 0.2) is 11.6 Å². The van der Waals surface area contributed by atoms with E-state index in [-0.39, 0.29) is 0 Å². The van der Waals surface area contributed by atoms with Crippen molar-refractivity contribution in [2.45, 2.75) is 41.5 Å². The van der Waals surface area contributed by atoms with Gasteiger partial charge in [-0.1, -0.05) is 139 Å². The van der Waals surface area contributed by atoms with Crippen LogP contribution in [0.5, 0.6) is 0 Å². The zero-order valence-electron chi connectivity index (χ0n) is 33.8. The molecule has 0 radical (unpaired) electrons. The number of aromatic nitrogens is 3. The van der Waals surface area contributed by atoms with Gasteiger partial charge in [0, 0.05) is 27.9 Å². The second-order valence-corrected chi connectivity index (χ2v) is 15.4. The van der Waals surface area contributed by atoms with Crippen LogP contribution in [0.4, 0.5) is 34.4 Å². The minimum absolute atomic E-state index is 0.536. The van der Waals surface area contributed by atoms with E-state index in [1.165, 1.54) is 50.1 Å². The molecular weight excluding hydrogens is 707 g/mol. The number of nitrogens with zero attached hydrogens (tertiary/aromatic N) is 5. The highest BCUT2D eigenvalue weighted by atomic mass is 15.3. The first-order valence-electron chi connectivity index (χ1n) is 19.9. The fraction of sp³-hybridized carbons (Fsp3) is 0.113. The third-order valence-electron chi connectivity index (χ3n) is 11.0. The smallest absolute Gasteiger partial charge is 0.238 e. The molecule has 0 unspecified atom stereocenters. The fourth-order valence-electron chi connectivity index (χ4n) is 8.58. The van der Waals surface area contributed by atoms with Crippen molar-refractivity contribution in [2.75, 3.05) is 9.80 Å². The van der Waals surface area contributed by atoms with Crippen LogP contribution in [0.15, 0.2) is 164 Å². The first-order valence-corrected chi connectivity index (χ1v) is 19.9. The highest BCUT2D eigenvalue weighted by molar-refractivity contribution is 5.98. The first kappa shape index (κ1) is 36.5. The molecule has 0 aliphatic rings. The third-order valence-corrected chi connectivity index (χ3v) is 11.0.